The van der Waals surface area contributed by atoms with E-state index in [1.807, 2.05) is 27.7 Å². The van der Waals surface area contributed by atoms with Crippen LogP contribution in [0.3, 0.4) is 0 Å². The Labute approximate surface area is 115 Å². The van der Waals surface area contributed by atoms with Crippen LogP contribution in [-0.2, 0) is 4.79 Å². The molecule has 1 fully saturated rings. The van der Waals surface area contributed by atoms with Crippen LogP contribution in [0, 0.1) is 27.9 Å². The van der Waals surface area contributed by atoms with E-state index >= 15 is 0 Å². The summed E-state index contributed by atoms with van der Waals surface area (Å²) in [7, 11) is 0. The normalized spacial score (nSPS) is 27.6. The van der Waals surface area contributed by atoms with Gasteiger partial charge in [-0.2, -0.15) is 0 Å². The molecule has 0 radical (unpaired) electrons. The maximum absolute atomic E-state index is 12.5. The van der Waals surface area contributed by atoms with Gasteiger partial charge < -0.3 is 4.90 Å². The number of hydrogen-bond acceptors (Lipinski definition) is 3. The van der Waals surface area contributed by atoms with Gasteiger partial charge in [0, 0.05) is 11.5 Å². The van der Waals surface area contributed by atoms with Crippen molar-refractivity contribution in [2.45, 2.75) is 59.5 Å². The minimum atomic E-state index is -0.760. The van der Waals surface area contributed by atoms with E-state index in [1.54, 1.807) is 4.90 Å². The molecule has 0 saturated carbocycles. The molecule has 110 valence electrons. The van der Waals surface area contributed by atoms with E-state index in [4.69, 9.17) is 0 Å². The fourth-order valence-electron chi connectivity index (χ4n) is 3.16. The molecule has 1 amide bonds. The first-order valence-electron chi connectivity index (χ1n) is 7.26. The van der Waals surface area contributed by atoms with Crippen molar-refractivity contribution in [1.29, 1.82) is 0 Å². The summed E-state index contributed by atoms with van der Waals surface area (Å²) in [5, 5.41) is 11.4. The predicted molar refractivity (Wildman–Crippen MR) is 74.4 cm³/mol. The molecule has 0 aliphatic carbocycles. The highest BCUT2D eigenvalue weighted by atomic mass is 16.6. The molecule has 5 nitrogen and oxygen atoms in total. The van der Waals surface area contributed by atoms with Crippen LogP contribution >= 0.6 is 0 Å². The highest BCUT2D eigenvalue weighted by Gasteiger charge is 2.56. The van der Waals surface area contributed by atoms with Gasteiger partial charge in [0.15, 0.2) is 0 Å². The summed E-state index contributed by atoms with van der Waals surface area (Å²) in [5.74, 6) is -0.376. The average Bonchev–Trinajstić information content (AvgIpc) is 2.59. The quantitative estimate of drug-likeness (QED) is 0.550. The Morgan fingerprint density at radius 2 is 1.84 bits per heavy atom. The van der Waals surface area contributed by atoms with Gasteiger partial charge in [-0.25, -0.2) is 0 Å². The minimum absolute atomic E-state index is 0.00998. The maximum atomic E-state index is 12.5. The van der Waals surface area contributed by atoms with Crippen molar-refractivity contribution in [3.63, 3.8) is 0 Å². The molecule has 1 aliphatic rings. The predicted octanol–water partition coefficient (Wildman–Crippen LogP) is 2.57. The van der Waals surface area contributed by atoms with E-state index in [9.17, 15) is 14.9 Å². The Hall–Kier alpha value is -1.13. The number of nitrogens with zero attached hydrogens (tertiary/aromatic N) is 2. The number of unbranched alkanes of at least 4 members (excludes halogenated alkanes) is 1. The van der Waals surface area contributed by atoms with Crippen molar-refractivity contribution in [3.05, 3.63) is 10.1 Å². The second-order valence-electron chi connectivity index (χ2n) is 6.17. The third-order valence-corrected chi connectivity index (χ3v) is 4.04. The van der Waals surface area contributed by atoms with Gasteiger partial charge >= 0.3 is 0 Å². The van der Waals surface area contributed by atoms with E-state index in [-0.39, 0.29) is 28.7 Å². The Morgan fingerprint density at radius 1 is 1.26 bits per heavy atom. The van der Waals surface area contributed by atoms with Crippen molar-refractivity contribution in [3.8, 4) is 0 Å². The molecule has 0 aromatic rings. The Kier molecular flexibility index (Phi) is 5.32. The Morgan fingerprint density at radius 3 is 2.21 bits per heavy atom. The number of hydrogen-bond donors (Lipinski definition) is 0. The molecule has 19 heavy (non-hydrogen) atoms. The van der Waals surface area contributed by atoms with Gasteiger partial charge in [0.2, 0.25) is 11.9 Å². The van der Waals surface area contributed by atoms with Crippen molar-refractivity contribution >= 4 is 5.91 Å². The van der Waals surface area contributed by atoms with Gasteiger partial charge in [-0.3, -0.25) is 14.9 Å². The van der Waals surface area contributed by atoms with Crippen LogP contribution in [0.15, 0.2) is 0 Å². The van der Waals surface area contributed by atoms with Gasteiger partial charge in [-0.1, -0.05) is 41.0 Å². The topological polar surface area (TPSA) is 63.5 Å². The van der Waals surface area contributed by atoms with Gasteiger partial charge in [0.05, 0.1) is 0 Å². The molecule has 1 aliphatic heterocycles. The SMILES string of the molecule is CCCCN1C(=O)[C@@H](C(C)C)[C@H]([N+](=O)[O-])[C@H]1C(C)C. The lowest BCUT2D eigenvalue weighted by molar-refractivity contribution is -0.534. The highest BCUT2D eigenvalue weighted by Crippen LogP contribution is 2.36. The standard InChI is InChI=1S/C14H26N2O3/c1-6-7-8-15-12(10(4)5)13(16(18)19)11(9(2)3)14(15)17/h9-13H,6-8H2,1-5H3/t11-,12+,13-/m0/s1. The lowest BCUT2D eigenvalue weighted by Crippen LogP contribution is -2.44. The summed E-state index contributed by atoms with van der Waals surface area (Å²) in [6.07, 6.45) is 1.90. The average molecular weight is 270 g/mol. The van der Waals surface area contributed by atoms with Crippen LogP contribution < -0.4 is 0 Å². The second-order valence-corrected chi connectivity index (χ2v) is 6.17. The zero-order valence-electron chi connectivity index (χ0n) is 12.6. The van der Waals surface area contributed by atoms with E-state index in [2.05, 4.69) is 6.92 Å². The first kappa shape index (κ1) is 15.9. The summed E-state index contributed by atoms with van der Waals surface area (Å²) < 4.78 is 0. The molecule has 0 unspecified atom stereocenters. The molecule has 5 heteroatoms. The van der Waals surface area contributed by atoms with Crippen LogP contribution in [0.2, 0.25) is 0 Å². The highest BCUT2D eigenvalue weighted by molar-refractivity contribution is 5.82. The van der Waals surface area contributed by atoms with E-state index in [1.165, 1.54) is 0 Å². The van der Waals surface area contributed by atoms with Crippen molar-refractivity contribution in [1.82, 2.24) is 4.90 Å². The number of nitro groups is 1. The molecule has 0 spiro atoms. The summed E-state index contributed by atoms with van der Waals surface area (Å²) in [5.41, 5.74) is 0. The summed E-state index contributed by atoms with van der Waals surface area (Å²) in [6.45, 7) is 10.5. The number of carbonyl (C=O) groups excluding carboxylic acids is 1. The number of likely N-dealkylation sites (tertiary alicyclic amines) is 1. The first-order valence-corrected chi connectivity index (χ1v) is 7.26. The second kappa shape index (κ2) is 6.35. The maximum Gasteiger partial charge on any atom is 0.245 e. The monoisotopic (exact) mass is 270 g/mol. The lowest BCUT2D eigenvalue weighted by Gasteiger charge is -2.27. The first-order chi connectivity index (χ1) is 8.82. The van der Waals surface area contributed by atoms with Crippen LogP contribution in [0.5, 0.6) is 0 Å². The molecule has 0 bridgehead atoms. The third-order valence-electron chi connectivity index (χ3n) is 4.04. The minimum Gasteiger partial charge on any atom is -0.332 e. The number of amides is 1. The number of rotatable bonds is 6. The molecule has 1 saturated heterocycles. The third kappa shape index (κ3) is 3.07. The van der Waals surface area contributed by atoms with E-state index < -0.39 is 12.0 Å². The van der Waals surface area contributed by atoms with Crippen molar-refractivity contribution in [2.24, 2.45) is 17.8 Å². The Balaban J connectivity index is 3.10. The number of carbonyl (C=O) groups is 1. The fourth-order valence-corrected chi connectivity index (χ4v) is 3.16. The summed E-state index contributed by atoms with van der Waals surface area (Å²) in [6, 6.07) is -1.02. The molecule has 3 atom stereocenters. The zero-order valence-corrected chi connectivity index (χ0v) is 12.6. The van der Waals surface area contributed by atoms with Crippen molar-refractivity contribution in [2.75, 3.05) is 6.54 Å². The molecule has 0 aromatic heterocycles. The smallest absolute Gasteiger partial charge is 0.245 e. The molecular weight excluding hydrogens is 244 g/mol. The largest absolute Gasteiger partial charge is 0.332 e. The van der Waals surface area contributed by atoms with Crippen LogP contribution in [-0.4, -0.2) is 34.4 Å². The van der Waals surface area contributed by atoms with Crippen LogP contribution in [0.25, 0.3) is 0 Å². The Bertz CT molecular complexity index is 342. The van der Waals surface area contributed by atoms with Gasteiger partial charge in [-0.15, -0.1) is 0 Å². The summed E-state index contributed by atoms with van der Waals surface area (Å²) in [4.78, 5) is 25.5. The fraction of sp³-hybridized carbons (Fsp3) is 0.929. The molecule has 0 N–H and O–H groups in total. The van der Waals surface area contributed by atoms with Crippen molar-refractivity contribution < 1.29 is 9.72 Å². The molecule has 1 heterocycles. The van der Waals surface area contributed by atoms with Gasteiger partial charge in [0.1, 0.15) is 12.0 Å². The zero-order chi connectivity index (χ0) is 14.7. The lowest BCUT2D eigenvalue weighted by atomic mass is 9.85. The van der Waals surface area contributed by atoms with Crippen LogP contribution in [0.1, 0.15) is 47.5 Å². The van der Waals surface area contributed by atoms with Crippen LogP contribution in [0.4, 0.5) is 0 Å². The van der Waals surface area contributed by atoms with Gasteiger partial charge in [-0.05, 0) is 18.3 Å². The van der Waals surface area contributed by atoms with E-state index in [0.717, 1.165) is 12.8 Å². The molecule has 1 rings (SSSR count). The molecule has 0 aromatic carbocycles. The van der Waals surface area contributed by atoms with E-state index in [0.29, 0.717) is 6.54 Å². The molecular formula is C14H26N2O3. The summed E-state index contributed by atoms with van der Waals surface area (Å²) >= 11 is 0. The van der Waals surface area contributed by atoms with Gasteiger partial charge in [0.25, 0.3) is 0 Å².